The highest BCUT2D eigenvalue weighted by molar-refractivity contribution is 14.1. The average Bonchev–Trinajstić information content (AvgIpc) is 2.64. The maximum Gasteiger partial charge on any atom is 0.265 e. The molecule has 2 N–H and O–H groups in total. The lowest BCUT2D eigenvalue weighted by molar-refractivity contribution is 0.600. The summed E-state index contributed by atoms with van der Waals surface area (Å²) in [6.07, 6.45) is 1.30. The fourth-order valence-electron chi connectivity index (χ4n) is 1.37. The standard InChI is InChI=1S/C10H10IN3O2S/c1-7-10(6-12-13-7)17(15,16)14-9-4-2-3-8(11)5-9/h2-6,14H,1H3,(H,12,13). The maximum atomic E-state index is 12.0. The first-order valence-corrected chi connectivity index (χ1v) is 7.33. The number of aryl methyl sites for hydroxylation is 1. The molecule has 0 fully saturated rings. The number of hydrogen-bond acceptors (Lipinski definition) is 3. The number of sulfonamides is 1. The molecule has 2 aromatic rings. The lowest BCUT2D eigenvalue weighted by atomic mass is 10.3. The quantitative estimate of drug-likeness (QED) is 0.821. The van der Waals surface area contributed by atoms with E-state index in [1.807, 2.05) is 6.07 Å². The number of aromatic amines is 1. The van der Waals surface area contributed by atoms with Crippen molar-refractivity contribution in [3.63, 3.8) is 0 Å². The molecule has 0 amide bonds. The zero-order valence-corrected chi connectivity index (χ0v) is 11.9. The van der Waals surface area contributed by atoms with Crippen molar-refractivity contribution in [3.8, 4) is 0 Å². The number of benzene rings is 1. The zero-order chi connectivity index (χ0) is 12.5. The van der Waals surface area contributed by atoms with E-state index in [0.29, 0.717) is 11.4 Å². The summed E-state index contributed by atoms with van der Waals surface area (Å²) >= 11 is 2.12. The van der Waals surface area contributed by atoms with E-state index < -0.39 is 10.0 Å². The van der Waals surface area contributed by atoms with Crippen molar-refractivity contribution in [1.82, 2.24) is 10.2 Å². The predicted octanol–water partition coefficient (Wildman–Crippen LogP) is 2.12. The van der Waals surface area contributed by atoms with Crippen LogP contribution in [-0.4, -0.2) is 18.6 Å². The fraction of sp³-hybridized carbons (Fsp3) is 0.100. The summed E-state index contributed by atoms with van der Waals surface area (Å²) in [5.74, 6) is 0. The Morgan fingerprint density at radius 2 is 2.18 bits per heavy atom. The molecule has 90 valence electrons. The molecule has 0 saturated carbocycles. The van der Waals surface area contributed by atoms with Gasteiger partial charge in [-0.15, -0.1) is 0 Å². The summed E-state index contributed by atoms with van der Waals surface area (Å²) in [6.45, 7) is 1.66. The van der Waals surface area contributed by atoms with Gasteiger partial charge in [-0.2, -0.15) is 5.10 Å². The van der Waals surface area contributed by atoms with Crippen LogP contribution in [0.3, 0.4) is 0 Å². The third-order valence-corrected chi connectivity index (χ3v) is 4.32. The van der Waals surface area contributed by atoms with Gasteiger partial charge in [0.2, 0.25) is 0 Å². The van der Waals surface area contributed by atoms with Crippen LogP contribution in [0.1, 0.15) is 5.69 Å². The van der Waals surface area contributed by atoms with Gasteiger partial charge in [0.05, 0.1) is 11.9 Å². The van der Waals surface area contributed by atoms with Crippen LogP contribution in [0.2, 0.25) is 0 Å². The Hall–Kier alpha value is -1.09. The van der Waals surface area contributed by atoms with Crippen LogP contribution in [0, 0.1) is 10.5 Å². The van der Waals surface area contributed by atoms with Gasteiger partial charge in [0.15, 0.2) is 0 Å². The molecule has 0 unspecified atom stereocenters. The number of rotatable bonds is 3. The number of hydrogen-bond donors (Lipinski definition) is 2. The van der Waals surface area contributed by atoms with Gasteiger partial charge in [0.25, 0.3) is 10.0 Å². The van der Waals surface area contributed by atoms with Gasteiger partial charge < -0.3 is 0 Å². The van der Waals surface area contributed by atoms with Crippen LogP contribution >= 0.6 is 22.6 Å². The molecule has 0 aliphatic carbocycles. The van der Waals surface area contributed by atoms with Crippen molar-refractivity contribution in [3.05, 3.63) is 39.7 Å². The molecule has 1 aromatic carbocycles. The normalized spacial score (nSPS) is 11.4. The molecule has 0 atom stereocenters. The lowest BCUT2D eigenvalue weighted by Crippen LogP contribution is -2.13. The van der Waals surface area contributed by atoms with E-state index in [4.69, 9.17) is 0 Å². The Balaban J connectivity index is 2.33. The monoisotopic (exact) mass is 363 g/mol. The first-order valence-electron chi connectivity index (χ1n) is 4.77. The molecule has 0 aliphatic rings. The van der Waals surface area contributed by atoms with Crippen LogP contribution in [0.25, 0.3) is 0 Å². The van der Waals surface area contributed by atoms with Crippen molar-refractivity contribution in [2.24, 2.45) is 0 Å². The first kappa shape index (κ1) is 12.4. The van der Waals surface area contributed by atoms with Crippen LogP contribution in [0.4, 0.5) is 5.69 Å². The van der Waals surface area contributed by atoms with Crippen molar-refractivity contribution in [2.45, 2.75) is 11.8 Å². The van der Waals surface area contributed by atoms with Gasteiger partial charge >= 0.3 is 0 Å². The molecular formula is C10H10IN3O2S. The fourth-order valence-corrected chi connectivity index (χ4v) is 3.10. The minimum atomic E-state index is -3.56. The summed E-state index contributed by atoms with van der Waals surface area (Å²) in [7, 11) is -3.56. The molecular weight excluding hydrogens is 353 g/mol. The van der Waals surface area contributed by atoms with Crippen molar-refractivity contribution >= 4 is 38.3 Å². The van der Waals surface area contributed by atoms with Crippen LogP contribution in [0.15, 0.2) is 35.4 Å². The lowest BCUT2D eigenvalue weighted by Gasteiger charge is -2.07. The number of aromatic nitrogens is 2. The van der Waals surface area contributed by atoms with Gasteiger partial charge in [-0.1, -0.05) is 6.07 Å². The van der Waals surface area contributed by atoms with Crippen molar-refractivity contribution in [1.29, 1.82) is 0 Å². The molecule has 0 radical (unpaired) electrons. The predicted molar refractivity (Wildman–Crippen MR) is 73.3 cm³/mol. The van der Waals surface area contributed by atoms with Crippen LogP contribution in [0.5, 0.6) is 0 Å². The van der Waals surface area contributed by atoms with E-state index in [0.717, 1.165) is 3.57 Å². The smallest absolute Gasteiger partial charge is 0.265 e. The number of nitrogens with one attached hydrogen (secondary N) is 2. The Morgan fingerprint density at radius 3 is 2.76 bits per heavy atom. The summed E-state index contributed by atoms with van der Waals surface area (Å²) < 4.78 is 27.5. The summed E-state index contributed by atoms with van der Waals surface area (Å²) in [5.41, 5.74) is 1.06. The molecule has 5 nitrogen and oxygen atoms in total. The van der Waals surface area contributed by atoms with E-state index in [1.165, 1.54) is 6.20 Å². The molecule has 0 spiro atoms. The molecule has 1 aromatic heterocycles. The second kappa shape index (κ2) is 4.65. The Bertz CT molecular complexity index is 637. The number of halogens is 1. The summed E-state index contributed by atoms with van der Waals surface area (Å²) in [4.78, 5) is 0.163. The van der Waals surface area contributed by atoms with Crippen LogP contribution in [-0.2, 0) is 10.0 Å². The molecule has 0 bridgehead atoms. The topological polar surface area (TPSA) is 74.8 Å². The third kappa shape index (κ3) is 2.78. The molecule has 0 saturated heterocycles. The molecule has 2 rings (SSSR count). The number of H-pyrrole nitrogens is 1. The Kier molecular flexibility index (Phi) is 3.38. The van der Waals surface area contributed by atoms with Gasteiger partial charge in [-0.05, 0) is 47.7 Å². The number of nitrogens with zero attached hydrogens (tertiary/aromatic N) is 1. The maximum absolute atomic E-state index is 12.0. The van der Waals surface area contributed by atoms with Crippen molar-refractivity contribution in [2.75, 3.05) is 4.72 Å². The average molecular weight is 363 g/mol. The summed E-state index contributed by atoms with van der Waals surface area (Å²) in [6, 6.07) is 7.14. The van der Waals surface area contributed by atoms with E-state index in [-0.39, 0.29) is 4.90 Å². The van der Waals surface area contributed by atoms with Crippen LogP contribution < -0.4 is 4.72 Å². The van der Waals surface area contributed by atoms with E-state index in [1.54, 1.807) is 25.1 Å². The highest BCUT2D eigenvalue weighted by Gasteiger charge is 2.18. The Labute approximate surface area is 113 Å². The van der Waals surface area contributed by atoms with E-state index >= 15 is 0 Å². The molecule has 0 aliphatic heterocycles. The van der Waals surface area contributed by atoms with Gasteiger partial charge in [-0.25, -0.2) is 8.42 Å². The second-order valence-electron chi connectivity index (χ2n) is 3.48. The van der Waals surface area contributed by atoms with Gasteiger partial charge in [0.1, 0.15) is 4.90 Å². The molecule has 17 heavy (non-hydrogen) atoms. The van der Waals surface area contributed by atoms with Crippen molar-refractivity contribution < 1.29 is 8.42 Å². The SMILES string of the molecule is Cc1[nH]ncc1S(=O)(=O)Nc1cccc(I)c1. The minimum Gasteiger partial charge on any atom is -0.281 e. The summed E-state index contributed by atoms with van der Waals surface area (Å²) in [5, 5.41) is 6.30. The largest absolute Gasteiger partial charge is 0.281 e. The van der Waals surface area contributed by atoms with Gasteiger partial charge in [0, 0.05) is 9.26 Å². The second-order valence-corrected chi connectivity index (χ2v) is 6.37. The molecule has 7 heteroatoms. The van der Waals surface area contributed by atoms with Gasteiger partial charge in [-0.3, -0.25) is 9.82 Å². The van der Waals surface area contributed by atoms with E-state index in [9.17, 15) is 8.42 Å². The highest BCUT2D eigenvalue weighted by Crippen LogP contribution is 2.18. The molecule has 1 heterocycles. The zero-order valence-electron chi connectivity index (χ0n) is 8.94. The first-order chi connectivity index (χ1) is 7.99. The number of anilines is 1. The minimum absolute atomic E-state index is 0.163. The van der Waals surface area contributed by atoms with E-state index in [2.05, 4.69) is 37.5 Å². The highest BCUT2D eigenvalue weighted by atomic mass is 127. The third-order valence-electron chi connectivity index (χ3n) is 2.15. The Morgan fingerprint density at radius 1 is 1.41 bits per heavy atom.